The van der Waals surface area contributed by atoms with Crippen LogP contribution in [-0.2, 0) is 10.1 Å². The van der Waals surface area contributed by atoms with Gasteiger partial charge in [-0.05, 0) is 86.0 Å². The minimum atomic E-state index is -4.35. The van der Waals surface area contributed by atoms with Gasteiger partial charge in [-0.3, -0.25) is 4.55 Å². The maximum atomic E-state index is 11.3. The van der Waals surface area contributed by atoms with Gasteiger partial charge in [-0.25, -0.2) is 0 Å². The van der Waals surface area contributed by atoms with Crippen LogP contribution in [0.2, 0.25) is 0 Å². The summed E-state index contributed by atoms with van der Waals surface area (Å²) in [6.45, 7) is 1.39. The Labute approximate surface area is 234 Å². The molecule has 4 rings (SSSR count). The van der Waals surface area contributed by atoms with Gasteiger partial charge in [-0.15, -0.1) is 0 Å². The van der Waals surface area contributed by atoms with Crippen LogP contribution in [0.5, 0.6) is 11.5 Å². The van der Waals surface area contributed by atoms with Crippen LogP contribution in [0.25, 0.3) is 0 Å². The van der Waals surface area contributed by atoms with Crippen molar-refractivity contribution in [2.75, 3.05) is 41.5 Å². The van der Waals surface area contributed by atoms with Crippen molar-refractivity contribution in [3.05, 3.63) is 91.0 Å². The van der Waals surface area contributed by atoms with E-state index in [1.165, 1.54) is 18.2 Å². The van der Waals surface area contributed by atoms with Crippen molar-refractivity contribution in [2.24, 2.45) is 0 Å². The second-order valence-corrected chi connectivity index (χ2v) is 10.3. The van der Waals surface area contributed by atoms with E-state index in [1.54, 1.807) is 24.3 Å². The lowest BCUT2D eigenvalue weighted by Gasteiger charge is -2.11. The molecule has 40 heavy (non-hydrogen) atoms. The van der Waals surface area contributed by atoms with Gasteiger partial charge in [0.2, 0.25) is 0 Å². The number of nitrogens with one attached hydrogen (secondary N) is 1. The molecule has 10 nitrogen and oxygen atoms in total. The Morgan fingerprint density at radius 1 is 0.625 bits per heavy atom. The van der Waals surface area contributed by atoms with Crippen molar-refractivity contribution < 1.29 is 22.4 Å². The minimum Gasteiger partial charge on any atom is -0.494 e. The van der Waals surface area contributed by atoms with Crippen LogP contribution in [0.1, 0.15) is 19.3 Å². The Hall–Kier alpha value is -4.61. The molecule has 0 aromatic heterocycles. The van der Waals surface area contributed by atoms with Crippen LogP contribution >= 0.6 is 0 Å². The molecule has 0 aliphatic rings. The average Bonchev–Trinajstić information content (AvgIpc) is 2.90. The van der Waals surface area contributed by atoms with E-state index in [4.69, 9.17) is 32.4 Å². The van der Waals surface area contributed by atoms with E-state index < -0.39 is 10.1 Å². The first-order valence-electron chi connectivity index (χ1n) is 12.6. The maximum Gasteiger partial charge on any atom is 0.296 e. The van der Waals surface area contributed by atoms with Crippen molar-refractivity contribution >= 4 is 44.2 Å². The number of nitrogens with two attached hydrogens (primary N) is 4. The Balaban J connectivity index is 0.000000222. The average molecular weight is 566 g/mol. The number of nitrogen functional groups attached to an aromatic ring is 4. The summed E-state index contributed by atoms with van der Waals surface area (Å²) in [5.74, 6) is 1.65. The van der Waals surface area contributed by atoms with Crippen molar-refractivity contribution in [2.45, 2.75) is 24.2 Å². The Kier molecular flexibility index (Phi) is 10.9. The number of rotatable bonds is 11. The molecular weight excluding hydrogens is 530 g/mol. The lowest BCUT2D eigenvalue weighted by atomic mass is 10.2. The molecule has 0 heterocycles. The quantitative estimate of drug-likeness (QED) is 0.0788. The van der Waals surface area contributed by atoms with Crippen LogP contribution in [0.3, 0.4) is 0 Å². The molecule has 0 fully saturated rings. The number of benzene rings is 4. The first kappa shape index (κ1) is 29.9. The third-order valence-electron chi connectivity index (χ3n) is 5.52. The second-order valence-electron chi connectivity index (χ2n) is 8.88. The van der Waals surface area contributed by atoms with E-state index in [2.05, 4.69) is 5.32 Å². The molecule has 0 radical (unpaired) electrons. The fourth-order valence-electron chi connectivity index (χ4n) is 3.55. The minimum absolute atomic E-state index is 0.237. The predicted octanol–water partition coefficient (Wildman–Crippen LogP) is 5.32. The molecule has 0 aliphatic heterocycles. The van der Waals surface area contributed by atoms with Gasteiger partial charge in [-0.2, -0.15) is 8.42 Å². The standard InChI is InChI=1S/C17H22N2O2.C12H13N3O3S/c18-14-6-4-8-16(12-14)20-10-2-1-3-11-21-17-9-5-7-15(19)13-17;13-8-1-4-10(5-2-8)15-11-6-3-9(14)7-12(11)19(16,17)18/h4-9,12-13H,1-3,10-11,18-19H2;1-7,15H,13-14H2,(H,16,17,18). The van der Waals surface area contributed by atoms with Crippen LogP contribution in [-0.4, -0.2) is 26.2 Å². The fraction of sp³-hybridized carbons (Fsp3) is 0.172. The highest BCUT2D eigenvalue weighted by atomic mass is 32.2. The van der Waals surface area contributed by atoms with Gasteiger partial charge in [-0.1, -0.05) is 12.1 Å². The lowest BCUT2D eigenvalue weighted by Crippen LogP contribution is -2.04. The summed E-state index contributed by atoms with van der Waals surface area (Å²) >= 11 is 0. The molecule has 11 heteroatoms. The molecule has 0 saturated carbocycles. The molecule has 0 unspecified atom stereocenters. The Bertz CT molecular complexity index is 1430. The van der Waals surface area contributed by atoms with Crippen LogP contribution in [0, 0.1) is 0 Å². The summed E-state index contributed by atoms with van der Waals surface area (Å²) in [6, 6.07) is 25.9. The van der Waals surface area contributed by atoms with Gasteiger partial charge < -0.3 is 37.7 Å². The zero-order valence-corrected chi connectivity index (χ0v) is 22.8. The molecule has 0 amide bonds. The number of hydrogen-bond acceptors (Lipinski definition) is 9. The smallest absolute Gasteiger partial charge is 0.296 e. The zero-order valence-electron chi connectivity index (χ0n) is 22.0. The Morgan fingerprint density at radius 3 is 1.62 bits per heavy atom. The lowest BCUT2D eigenvalue weighted by molar-refractivity contribution is 0.279. The summed E-state index contributed by atoms with van der Waals surface area (Å²) in [5.41, 5.74) is 25.6. The van der Waals surface area contributed by atoms with Gasteiger partial charge in [0.1, 0.15) is 16.4 Å². The molecule has 0 saturated heterocycles. The molecule has 0 spiro atoms. The van der Waals surface area contributed by atoms with Crippen LogP contribution in [0.15, 0.2) is 95.9 Å². The third-order valence-corrected chi connectivity index (χ3v) is 6.41. The van der Waals surface area contributed by atoms with Crippen LogP contribution < -0.4 is 37.7 Å². The topological polar surface area (TPSA) is 189 Å². The van der Waals surface area contributed by atoms with Crippen molar-refractivity contribution in [1.29, 1.82) is 0 Å². The molecular formula is C29H35N5O5S. The summed E-state index contributed by atoms with van der Waals surface area (Å²) < 4.78 is 43.0. The fourth-order valence-corrected chi connectivity index (χ4v) is 4.23. The zero-order chi connectivity index (χ0) is 29.0. The monoisotopic (exact) mass is 565 g/mol. The van der Waals surface area contributed by atoms with E-state index >= 15 is 0 Å². The van der Waals surface area contributed by atoms with Gasteiger partial charge in [0, 0.05) is 40.6 Å². The molecule has 0 atom stereocenters. The van der Waals surface area contributed by atoms with E-state index in [1.807, 2.05) is 48.5 Å². The van der Waals surface area contributed by atoms with Crippen molar-refractivity contribution in [3.63, 3.8) is 0 Å². The number of unbranched alkanes of at least 4 members (excludes halogenated alkanes) is 2. The van der Waals surface area contributed by atoms with E-state index in [0.717, 1.165) is 42.1 Å². The number of ether oxygens (including phenoxy) is 2. The molecule has 4 aromatic carbocycles. The predicted molar refractivity (Wildman–Crippen MR) is 161 cm³/mol. The first-order chi connectivity index (χ1) is 19.1. The SMILES string of the molecule is Nc1ccc(Nc2ccc(N)cc2S(=O)(=O)O)cc1.Nc1cccc(OCCCCCOc2cccc(N)c2)c1. The largest absolute Gasteiger partial charge is 0.494 e. The highest BCUT2D eigenvalue weighted by Crippen LogP contribution is 2.27. The summed E-state index contributed by atoms with van der Waals surface area (Å²) in [7, 11) is -4.35. The summed E-state index contributed by atoms with van der Waals surface area (Å²) in [4.78, 5) is -0.274. The maximum absolute atomic E-state index is 11.3. The van der Waals surface area contributed by atoms with Gasteiger partial charge in [0.05, 0.1) is 18.9 Å². The number of anilines is 6. The molecule has 10 N–H and O–H groups in total. The van der Waals surface area contributed by atoms with Gasteiger partial charge >= 0.3 is 0 Å². The van der Waals surface area contributed by atoms with E-state index in [0.29, 0.717) is 24.6 Å². The highest BCUT2D eigenvalue weighted by molar-refractivity contribution is 7.86. The van der Waals surface area contributed by atoms with Crippen molar-refractivity contribution in [1.82, 2.24) is 0 Å². The molecule has 212 valence electrons. The van der Waals surface area contributed by atoms with E-state index in [-0.39, 0.29) is 16.3 Å². The third kappa shape index (κ3) is 10.3. The molecule has 4 aromatic rings. The highest BCUT2D eigenvalue weighted by Gasteiger charge is 2.16. The second kappa shape index (κ2) is 14.5. The first-order valence-corrected chi connectivity index (χ1v) is 14.0. The van der Waals surface area contributed by atoms with Crippen molar-refractivity contribution in [3.8, 4) is 11.5 Å². The van der Waals surface area contributed by atoms with Gasteiger partial charge in [0.25, 0.3) is 10.1 Å². The normalized spacial score (nSPS) is 10.7. The summed E-state index contributed by atoms with van der Waals surface area (Å²) in [6.07, 6.45) is 3.05. The van der Waals surface area contributed by atoms with E-state index in [9.17, 15) is 13.0 Å². The molecule has 0 aliphatic carbocycles. The Morgan fingerprint density at radius 2 is 1.12 bits per heavy atom. The molecule has 0 bridgehead atoms. The van der Waals surface area contributed by atoms with Gasteiger partial charge in [0.15, 0.2) is 0 Å². The van der Waals surface area contributed by atoms with Crippen LogP contribution in [0.4, 0.5) is 34.1 Å². The summed E-state index contributed by atoms with van der Waals surface area (Å²) in [5, 5.41) is 2.88. The number of hydrogen-bond donors (Lipinski definition) is 6.